The van der Waals surface area contributed by atoms with Gasteiger partial charge in [-0.2, -0.15) is 5.26 Å². The molecule has 0 spiro atoms. The highest BCUT2D eigenvalue weighted by Gasteiger charge is 2.27. The molecule has 3 nitrogen and oxygen atoms in total. The van der Waals surface area contributed by atoms with Crippen LogP contribution in [0.4, 0.5) is 4.39 Å². The van der Waals surface area contributed by atoms with Crippen LogP contribution in [-0.2, 0) is 0 Å². The summed E-state index contributed by atoms with van der Waals surface area (Å²) in [4.78, 5) is 16.2. The second-order valence-corrected chi connectivity index (χ2v) is 4.18. The maximum atomic E-state index is 13.7. The number of carbonyl (C=O) groups excluding carboxylic acids is 1. The van der Waals surface area contributed by atoms with Gasteiger partial charge in [-0.3, -0.25) is 9.78 Å². The third kappa shape index (κ3) is 2.61. The van der Waals surface area contributed by atoms with Crippen molar-refractivity contribution in [3.63, 3.8) is 0 Å². The number of aromatic nitrogens is 1. The van der Waals surface area contributed by atoms with Crippen molar-refractivity contribution in [3.8, 4) is 6.07 Å². The molecule has 19 heavy (non-hydrogen) atoms. The highest BCUT2D eigenvalue weighted by Crippen LogP contribution is 2.26. The summed E-state index contributed by atoms with van der Waals surface area (Å²) in [5, 5.41) is 9.10. The zero-order valence-electron chi connectivity index (χ0n) is 9.68. The normalized spacial score (nSPS) is 11.6. The monoisotopic (exact) mass is 274 g/mol. The molecule has 94 valence electrons. The lowest BCUT2D eigenvalue weighted by atomic mass is 9.95. The van der Waals surface area contributed by atoms with E-state index in [4.69, 9.17) is 16.9 Å². The van der Waals surface area contributed by atoms with Crippen LogP contribution >= 0.6 is 11.6 Å². The largest absolute Gasteiger partial charge is 0.292 e. The zero-order chi connectivity index (χ0) is 13.8. The lowest BCUT2D eigenvalue weighted by Gasteiger charge is -2.09. The molecule has 0 aliphatic heterocycles. The van der Waals surface area contributed by atoms with Gasteiger partial charge in [-0.1, -0.05) is 23.7 Å². The molecule has 0 aliphatic rings. The number of halogens is 2. The molecule has 0 saturated heterocycles. The molecule has 2 rings (SSSR count). The van der Waals surface area contributed by atoms with Gasteiger partial charge in [0.15, 0.2) is 11.7 Å². The summed E-state index contributed by atoms with van der Waals surface area (Å²) in [5.41, 5.74) is -0.00399. The molecule has 0 aliphatic carbocycles. The molecule has 0 radical (unpaired) electrons. The number of nitrogens with zero attached hydrogens (tertiary/aromatic N) is 2. The number of benzene rings is 1. The topological polar surface area (TPSA) is 53.8 Å². The number of hydrogen-bond donors (Lipinski definition) is 0. The Labute approximate surface area is 114 Å². The molecular formula is C14H8ClFN2O. The fourth-order valence-corrected chi connectivity index (χ4v) is 1.94. The van der Waals surface area contributed by atoms with Crippen LogP contribution in [0, 0.1) is 17.1 Å². The highest BCUT2D eigenvalue weighted by molar-refractivity contribution is 6.34. The summed E-state index contributed by atoms with van der Waals surface area (Å²) in [7, 11) is 0. The number of hydrogen-bond acceptors (Lipinski definition) is 3. The molecule has 0 bridgehead atoms. The number of carbonyl (C=O) groups is 1. The van der Waals surface area contributed by atoms with E-state index in [2.05, 4.69) is 4.98 Å². The number of nitriles is 1. The van der Waals surface area contributed by atoms with E-state index >= 15 is 0 Å². The van der Waals surface area contributed by atoms with Crippen molar-refractivity contribution >= 4 is 17.4 Å². The van der Waals surface area contributed by atoms with E-state index in [-0.39, 0.29) is 16.3 Å². The minimum Gasteiger partial charge on any atom is -0.292 e. The van der Waals surface area contributed by atoms with Crippen LogP contribution in [0.3, 0.4) is 0 Å². The van der Waals surface area contributed by atoms with Crippen molar-refractivity contribution in [1.29, 1.82) is 5.26 Å². The van der Waals surface area contributed by atoms with Gasteiger partial charge in [0.05, 0.1) is 22.3 Å². The van der Waals surface area contributed by atoms with Crippen LogP contribution < -0.4 is 0 Å². The van der Waals surface area contributed by atoms with Gasteiger partial charge in [0.1, 0.15) is 5.82 Å². The Balaban J connectivity index is 2.46. The number of ketones is 1. The Morgan fingerprint density at radius 2 is 2.11 bits per heavy atom. The van der Waals surface area contributed by atoms with Crippen LogP contribution in [0.25, 0.3) is 0 Å². The Morgan fingerprint density at radius 3 is 2.68 bits per heavy atom. The van der Waals surface area contributed by atoms with Gasteiger partial charge < -0.3 is 0 Å². The molecule has 1 heterocycles. The van der Waals surface area contributed by atoms with E-state index in [1.54, 1.807) is 18.2 Å². The van der Waals surface area contributed by atoms with Crippen LogP contribution in [0.2, 0.25) is 5.02 Å². The Kier molecular flexibility index (Phi) is 3.88. The number of rotatable bonds is 3. The van der Waals surface area contributed by atoms with Crippen LogP contribution in [0.5, 0.6) is 0 Å². The Morgan fingerprint density at radius 1 is 1.32 bits per heavy atom. The summed E-state index contributed by atoms with van der Waals surface area (Å²) >= 11 is 5.82. The van der Waals surface area contributed by atoms with Crippen molar-refractivity contribution in [1.82, 2.24) is 4.98 Å². The standard InChI is InChI=1S/C14H8ClFN2O/c15-10-4-3-5-11(16)13(10)14(19)9(8-17)12-6-1-2-7-18-12/h1-7,9H. The first-order chi connectivity index (χ1) is 9.15. The van der Waals surface area contributed by atoms with Crippen LogP contribution in [0.1, 0.15) is 22.0 Å². The minimum atomic E-state index is -1.17. The average Bonchev–Trinajstić information content (AvgIpc) is 2.40. The molecular weight excluding hydrogens is 267 g/mol. The van der Waals surface area contributed by atoms with Gasteiger partial charge in [-0.05, 0) is 24.3 Å². The summed E-state index contributed by atoms with van der Waals surface area (Å²) in [6.07, 6.45) is 1.47. The van der Waals surface area contributed by atoms with E-state index in [1.807, 2.05) is 6.07 Å². The molecule has 0 saturated carbocycles. The van der Waals surface area contributed by atoms with Crippen LogP contribution in [0.15, 0.2) is 42.6 Å². The third-order valence-electron chi connectivity index (χ3n) is 2.58. The van der Waals surface area contributed by atoms with Gasteiger partial charge in [0.25, 0.3) is 0 Å². The van der Waals surface area contributed by atoms with E-state index < -0.39 is 17.5 Å². The minimum absolute atomic E-state index is 0.0128. The smallest absolute Gasteiger partial charge is 0.190 e. The first kappa shape index (κ1) is 13.2. The fourth-order valence-electron chi connectivity index (χ4n) is 1.68. The van der Waals surface area contributed by atoms with Gasteiger partial charge in [-0.25, -0.2) is 4.39 Å². The summed E-state index contributed by atoms with van der Waals surface area (Å²) in [5.74, 6) is -2.60. The second-order valence-electron chi connectivity index (χ2n) is 3.78. The zero-order valence-corrected chi connectivity index (χ0v) is 10.4. The van der Waals surface area contributed by atoms with Crippen molar-refractivity contribution in [2.75, 3.05) is 0 Å². The molecule has 1 atom stereocenters. The summed E-state index contributed by atoms with van der Waals surface area (Å²) in [6.45, 7) is 0. The Hall–Kier alpha value is -2.25. The average molecular weight is 275 g/mol. The number of Topliss-reactive ketones (excluding diaryl/α,β-unsaturated/α-hetero) is 1. The molecule has 5 heteroatoms. The number of pyridine rings is 1. The highest BCUT2D eigenvalue weighted by atomic mass is 35.5. The van der Waals surface area contributed by atoms with Crippen molar-refractivity contribution in [2.24, 2.45) is 0 Å². The maximum Gasteiger partial charge on any atom is 0.190 e. The van der Waals surface area contributed by atoms with Crippen LogP contribution in [-0.4, -0.2) is 10.8 Å². The Bertz CT molecular complexity index is 632. The third-order valence-corrected chi connectivity index (χ3v) is 2.90. The SMILES string of the molecule is N#CC(C(=O)c1c(F)cccc1Cl)c1ccccn1. The lowest BCUT2D eigenvalue weighted by Crippen LogP contribution is -2.14. The summed E-state index contributed by atoms with van der Waals surface area (Å²) < 4.78 is 13.7. The first-order valence-corrected chi connectivity index (χ1v) is 5.81. The van der Waals surface area contributed by atoms with Crippen molar-refractivity contribution < 1.29 is 9.18 Å². The van der Waals surface area contributed by atoms with E-state index in [0.29, 0.717) is 0 Å². The van der Waals surface area contributed by atoms with Gasteiger partial charge >= 0.3 is 0 Å². The molecule has 1 aromatic heterocycles. The fraction of sp³-hybridized carbons (Fsp3) is 0.0714. The molecule has 1 unspecified atom stereocenters. The molecule has 0 N–H and O–H groups in total. The van der Waals surface area contributed by atoms with Crippen molar-refractivity contribution in [2.45, 2.75) is 5.92 Å². The molecule has 0 fully saturated rings. The van der Waals surface area contributed by atoms with E-state index in [0.717, 1.165) is 6.07 Å². The molecule has 0 amide bonds. The first-order valence-electron chi connectivity index (χ1n) is 5.44. The quantitative estimate of drug-likeness (QED) is 0.807. The van der Waals surface area contributed by atoms with Gasteiger partial charge in [0.2, 0.25) is 0 Å². The van der Waals surface area contributed by atoms with Gasteiger partial charge in [-0.15, -0.1) is 0 Å². The second kappa shape index (κ2) is 5.59. The van der Waals surface area contributed by atoms with E-state index in [9.17, 15) is 9.18 Å². The van der Waals surface area contributed by atoms with Gasteiger partial charge in [0, 0.05) is 6.20 Å². The molecule has 2 aromatic rings. The van der Waals surface area contributed by atoms with E-state index in [1.165, 1.54) is 18.3 Å². The predicted molar refractivity (Wildman–Crippen MR) is 68.3 cm³/mol. The van der Waals surface area contributed by atoms with Crippen molar-refractivity contribution in [3.05, 3.63) is 64.7 Å². The lowest BCUT2D eigenvalue weighted by molar-refractivity contribution is 0.0974. The maximum absolute atomic E-state index is 13.7. The predicted octanol–water partition coefficient (Wildman–Crippen LogP) is 3.36. The summed E-state index contributed by atoms with van der Waals surface area (Å²) in [6, 6.07) is 10.6. The molecule has 1 aromatic carbocycles.